The van der Waals surface area contributed by atoms with E-state index in [1.54, 1.807) is 14.1 Å². The van der Waals surface area contributed by atoms with Crippen LogP contribution in [0.15, 0.2) is 12.4 Å². The molecule has 0 aliphatic carbocycles. The Kier molecular flexibility index (Phi) is 4.39. The molecule has 1 rings (SSSR count). The minimum atomic E-state index is -0.371. The van der Waals surface area contributed by atoms with Crippen LogP contribution in [0.1, 0.15) is 10.5 Å². The average molecular weight is 257 g/mol. The molecule has 1 aromatic rings. The molecule has 1 heterocycles. The third kappa shape index (κ3) is 3.67. The molecule has 0 N–H and O–H groups in total. The maximum Gasteiger partial charge on any atom is 0.274 e. The third-order valence-corrected chi connectivity index (χ3v) is 2.25. The van der Waals surface area contributed by atoms with Crippen molar-refractivity contribution >= 4 is 23.4 Å². The van der Waals surface area contributed by atoms with Crippen molar-refractivity contribution in [1.82, 2.24) is 19.8 Å². The largest absolute Gasteiger partial charge is 0.347 e. The highest BCUT2D eigenvalue weighted by molar-refractivity contribution is 6.29. The summed E-state index contributed by atoms with van der Waals surface area (Å²) in [4.78, 5) is 33.5. The Hall–Kier alpha value is -1.69. The normalized spacial score (nSPS) is 9.88. The van der Waals surface area contributed by atoms with Crippen molar-refractivity contribution in [2.45, 2.75) is 0 Å². The fourth-order valence-corrected chi connectivity index (χ4v) is 1.13. The van der Waals surface area contributed by atoms with Gasteiger partial charge in [-0.3, -0.25) is 9.59 Å². The molecule has 17 heavy (non-hydrogen) atoms. The zero-order valence-electron chi connectivity index (χ0n) is 9.85. The van der Waals surface area contributed by atoms with Crippen LogP contribution in [-0.2, 0) is 4.79 Å². The molecule has 0 spiro atoms. The van der Waals surface area contributed by atoms with Gasteiger partial charge in [-0.25, -0.2) is 9.97 Å². The molecule has 1 aromatic heterocycles. The van der Waals surface area contributed by atoms with Gasteiger partial charge in [-0.2, -0.15) is 0 Å². The van der Waals surface area contributed by atoms with Gasteiger partial charge in [0, 0.05) is 21.1 Å². The number of carbonyl (C=O) groups is 2. The van der Waals surface area contributed by atoms with Gasteiger partial charge < -0.3 is 9.80 Å². The third-order valence-electron chi connectivity index (χ3n) is 2.06. The van der Waals surface area contributed by atoms with Crippen molar-refractivity contribution in [2.24, 2.45) is 0 Å². The Morgan fingerprint density at radius 1 is 1.24 bits per heavy atom. The van der Waals surface area contributed by atoms with Crippen LogP contribution in [0.2, 0.25) is 5.15 Å². The number of likely N-dealkylation sites (N-methyl/N-ethyl adjacent to an activating group) is 2. The van der Waals surface area contributed by atoms with Crippen LogP contribution in [-0.4, -0.2) is 59.3 Å². The Balaban J connectivity index is 2.70. The van der Waals surface area contributed by atoms with Crippen molar-refractivity contribution in [3.8, 4) is 0 Å². The second kappa shape index (κ2) is 5.58. The molecule has 7 heteroatoms. The van der Waals surface area contributed by atoms with Crippen LogP contribution in [0.25, 0.3) is 0 Å². The van der Waals surface area contributed by atoms with Gasteiger partial charge >= 0.3 is 0 Å². The molecule has 92 valence electrons. The van der Waals surface area contributed by atoms with Crippen molar-refractivity contribution in [2.75, 3.05) is 27.7 Å². The quantitative estimate of drug-likeness (QED) is 0.780. The summed E-state index contributed by atoms with van der Waals surface area (Å²) in [6, 6.07) is 0. The lowest BCUT2D eigenvalue weighted by Gasteiger charge is -2.18. The highest BCUT2D eigenvalue weighted by atomic mass is 35.5. The molecule has 0 aliphatic rings. The predicted molar refractivity (Wildman–Crippen MR) is 62.7 cm³/mol. The number of amides is 2. The number of hydrogen-bond donors (Lipinski definition) is 0. The molecular weight excluding hydrogens is 244 g/mol. The molecule has 0 aliphatic heterocycles. The van der Waals surface area contributed by atoms with E-state index in [1.165, 1.54) is 29.2 Å². The molecule has 0 unspecified atom stereocenters. The topological polar surface area (TPSA) is 66.4 Å². The van der Waals surface area contributed by atoms with E-state index in [1.807, 2.05) is 0 Å². The van der Waals surface area contributed by atoms with E-state index in [2.05, 4.69) is 9.97 Å². The van der Waals surface area contributed by atoms with Crippen molar-refractivity contribution in [1.29, 1.82) is 0 Å². The van der Waals surface area contributed by atoms with Crippen LogP contribution < -0.4 is 0 Å². The smallest absolute Gasteiger partial charge is 0.274 e. The molecule has 0 atom stereocenters. The summed E-state index contributed by atoms with van der Waals surface area (Å²) in [6.45, 7) is -0.00383. The van der Waals surface area contributed by atoms with E-state index in [0.717, 1.165) is 0 Å². The molecular formula is C10H13ClN4O2. The summed E-state index contributed by atoms with van der Waals surface area (Å²) < 4.78 is 0. The van der Waals surface area contributed by atoms with E-state index >= 15 is 0 Å². The van der Waals surface area contributed by atoms with E-state index < -0.39 is 0 Å². The van der Waals surface area contributed by atoms with Crippen LogP contribution in [0.4, 0.5) is 0 Å². The van der Waals surface area contributed by atoms with Gasteiger partial charge in [0.1, 0.15) is 10.8 Å². The average Bonchev–Trinajstić information content (AvgIpc) is 2.28. The number of aromatic nitrogens is 2. The maximum atomic E-state index is 11.8. The molecule has 0 radical (unpaired) electrons. The summed E-state index contributed by atoms with van der Waals surface area (Å²) in [5.74, 6) is -0.535. The van der Waals surface area contributed by atoms with Gasteiger partial charge in [0.15, 0.2) is 0 Å². The molecule has 2 amide bonds. The second-order valence-corrected chi connectivity index (χ2v) is 4.06. The first kappa shape index (κ1) is 13.4. The fourth-order valence-electron chi connectivity index (χ4n) is 1.03. The molecule has 0 saturated carbocycles. The van der Waals surface area contributed by atoms with Crippen LogP contribution in [0.3, 0.4) is 0 Å². The van der Waals surface area contributed by atoms with E-state index in [-0.39, 0.29) is 29.2 Å². The minimum Gasteiger partial charge on any atom is -0.347 e. The van der Waals surface area contributed by atoms with E-state index in [9.17, 15) is 9.59 Å². The summed E-state index contributed by atoms with van der Waals surface area (Å²) in [7, 11) is 4.78. The molecule has 0 fully saturated rings. The lowest BCUT2D eigenvalue weighted by Crippen LogP contribution is -2.38. The summed E-state index contributed by atoms with van der Waals surface area (Å²) in [5, 5.41) is 0.216. The Labute approximate surface area is 104 Å². The standard InChI is InChI=1S/C10H13ClN4O2/c1-14(2)9(16)6-15(3)10(17)7-4-13-8(11)5-12-7/h4-5H,6H2,1-3H3. The lowest BCUT2D eigenvalue weighted by atomic mass is 10.3. The van der Waals surface area contributed by atoms with Crippen LogP contribution in [0.5, 0.6) is 0 Å². The van der Waals surface area contributed by atoms with Gasteiger partial charge in [0.25, 0.3) is 5.91 Å². The monoisotopic (exact) mass is 256 g/mol. The number of hydrogen-bond acceptors (Lipinski definition) is 4. The molecule has 0 bridgehead atoms. The number of halogens is 1. The number of rotatable bonds is 3. The molecule has 0 saturated heterocycles. The molecule has 6 nitrogen and oxygen atoms in total. The van der Waals surface area contributed by atoms with Gasteiger partial charge in [-0.1, -0.05) is 11.6 Å². The van der Waals surface area contributed by atoms with E-state index in [4.69, 9.17) is 11.6 Å². The zero-order valence-corrected chi connectivity index (χ0v) is 10.6. The SMILES string of the molecule is CN(C)C(=O)CN(C)C(=O)c1cnc(Cl)cn1. The van der Waals surface area contributed by atoms with Crippen molar-refractivity contribution < 1.29 is 9.59 Å². The van der Waals surface area contributed by atoms with Gasteiger partial charge in [0.05, 0.1) is 18.9 Å². The maximum absolute atomic E-state index is 11.8. The minimum absolute atomic E-state index is 0.00383. The second-order valence-electron chi connectivity index (χ2n) is 3.67. The Morgan fingerprint density at radius 2 is 1.88 bits per heavy atom. The number of nitrogens with zero attached hydrogens (tertiary/aromatic N) is 4. The summed E-state index contributed by atoms with van der Waals surface area (Å²) >= 11 is 5.56. The highest BCUT2D eigenvalue weighted by Gasteiger charge is 2.17. The van der Waals surface area contributed by atoms with Crippen LogP contribution >= 0.6 is 11.6 Å². The van der Waals surface area contributed by atoms with E-state index in [0.29, 0.717) is 0 Å². The lowest BCUT2D eigenvalue weighted by molar-refractivity contribution is -0.129. The van der Waals surface area contributed by atoms with Crippen molar-refractivity contribution in [3.05, 3.63) is 23.2 Å². The number of carbonyl (C=O) groups excluding carboxylic acids is 2. The van der Waals surface area contributed by atoms with Gasteiger partial charge in [-0.05, 0) is 0 Å². The summed E-state index contributed by atoms with van der Waals surface area (Å²) in [5.41, 5.74) is 0.156. The zero-order chi connectivity index (χ0) is 13.0. The Morgan fingerprint density at radius 3 is 2.35 bits per heavy atom. The highest BCUT2D eigenvalue weighted by Crippen LogP contribution is 2.03. The van der Waals surface area contributed by atoms with Gasteiger partial charge in [-0.15, -0.1) is 0 Å². The first-order valence-corrected chi connectivity index (χ1v) is 5.22. The fraction of sp³-hybridized carbons (Fsp3) is 0.400. The Bertz CT molecular complexity index is 419. The summed E-state index contributed by atoms with van der Waals surface area (Å²) in [6.07, 6.45) is 2.57. The molecule has 0 aromatic carbocycles. The van der Waals surface area contributed by atoms with Crippen molar-refractivity contribution in [3.63, 3.8) is 0 Å². The van der Waals surface area contributed by atoms with Gasteiger partial charge in [0.2, 0.25) is 5.91 Å². The first-order valence-electron chi connectivity index (χ1n) is 4.85. The predicted octanol–water partition coefficient (Wildman–Crippen LogP) is 0.290. The van der Waals surface area contributed by atoms with Crippen LogP contribution in [0, 0.1) is 0 Å². The first-order chi connectivity index (χ1) is 7.91.